The molecule has 0 bridgehead atoms. The van der Waals surface area contributed by atoms with Gasteiger partial charge in [0.05, 0.1) is 4.91 Å². The number of carboxylic acids is 1. The molecule has 0 radical (unpaired) electrons. The van der Waals surface area contributed by atoms with Gasteiger partial charge in [0.15, 0.2) is 0 Å². The van der Waals surface area contributed by atoms with E-state index in [9.17, 15) is 9.59 Å². The topological polar surface area (TPSA) is 83.6 Å². The van der Waals surface area contributed by atoms with Gasteiger partial charge in [0, 0.05) is 6.54 Å². The van der Waals surface area contributed by atoms with Crippen LogP contribution in [0.4, 0.5) is 0 Å². The van der Waals surface area contributed by atoms with Crippen LogP contribution in [-0.2, 0) is 9.59 Å². The number of aliphatic carboxylic acids is 1. The van der Waals surface area contributed by atoms with Gasteiger partial charge in [-0.1, -0.05) is 24.4 Å². The summed E-state index contributed by atoms with van der Waals surface area (Å²) in [5.74, 6) is -1.11. The molecule has 2 heterocycles. The van der Waals surface area contributed by atoms with E-state index >= 15 is 0 Å². The van der Waals surface area contributed by atoms with Crippen molar-refractivity contribution in [2.24, 2.45) is 5.73 Å². The first-order chi connectivity index (χ1) is 7.06. The molecule has 1 amide bonds. The molecule has 2 atom stereocenters. The Hall–Kier alpha value is -1.27. The van der Waals surface area contributed by atoms with Crippen molar-refractivity contribution in [1.82, 2.24) is 4.90 Å². The number of rotatable bonds is 2. The highest BCUT2D eigenvalue weighted by molar-refractivity contribution is 8.04. The predicted octanol–water partition coefficient (Wildman–Crippen LogP) is -0.247. The van der Waals surface area contributed by atoms with Crippen LogP contribution >= 0.6 is 11.8 Å². The van der Waals surface area contributed by atoms with Crippen molar-refractivity contribution in [3.05, 3.63) is 23.1 Å². The second-order valence-corrected chi connectivity index (χ2v) is 4.49. The van der Waals surface area contributed by atoms with Crippen molar-refractivity contribution in [2.75, 3.05) is 6.54 Å². The van der Waals surface area contributed by atoms with E-state index in [0.717, 1.165) is 11.8 Å². The van der Waals surface area contributed by atoms with Crippen LogP contribution in [0.5, 0.6) is 0 Å². The zero-order chi connectivity index (χ0) is 11.2. The molecule has 0 spiro atoms. The molecule has 0 aromatic rings. The summed E-state index contributed by atoms with van der Waals surface area (Å²) >= 11 is 1.12. The molecule has 1 unspecified atom stereocenters. The summed E-state index contributed by atoms with van der Waals surface area (Å²) in [6, 6.07) is -0.573. The minimum atomic E-state index is -0.985. The molecule has 0 aromatic heterocycles. The van der Waals surface area contributed by atoms with Crippen LogP contribution < -0.4 is 5.73 Å². The number of fused-ring (bicyclic) bond motifs is 1. The number of thioether (sulfide) groups is 1. The predicted molar refractivity (Wildman–Crippen MR) is 55.9 cm³/mol. The molecule has 1 fully saturated rings. The Bertz CT molecular complexity index is 391. The first kappa shape index (κ1) is 10.3. The molecule has 1 saturated heterocycles. The Balaban J connectivity index is 2.31. The molecule has 5 nitrogen and oxygen atoms in total. The Labute approximate surface area is 90.6 Å². The van der Waals surface area contributed by atoms with E-state index in [2.05, 4.69) is 6.58 Å². The van der Waals surface area contributed by atoms with Crippen LogP contribution in [0, 0.1) is 0 Å². The third-order valence-electron chi connectivity index (χ3n) is 2.49. The number of amides is 1. The number of hydrogen-bond acceptors (Lipinski definition) is 4. The molecule has 2 rings (SSSR count). The van der Waals surface area contributed by atoms with Gasteiger partial charge in [-0.25, -0.2) is 4.79 Å². The molecule has 0 aliphatic carbocycles. The number of β-lactam (4-membered cyclic amide) rings is 1. The fourth-order valence-corrected chi connectivity index (χ4v) is 2.86. The number of nitrogens with zero attached hydrogens (tertiary/aromatic N) is 1. The summed E-state index contributed by atoms with van der Waals surface area (Å²) in [5.41, 5.74) is 6.15. The highest BCUT2D eigenvalue weighted by Gasteiger charge is 2.49. The zero-order valence-electron chi connectivity index (χ0n) is 7.84. The Morgan fingerprint density at radius 1 is 1.73 bits per heavy atom. The molecule has 2 aliphatic heterocycles. The van der Waals surface area contributed by atoms with Crippen LogP contribution in [0.1, 0.15) is 0 Å². The van der Waals surface area contributed by atoms with Crippen LogP contribution in [-0.4, -0.2) is 39.8 Å². The van der Waals surface area contributed by atoms with Crippen molar-refractivity contribution < 1.29 is 14.7 Å². The highest BCUT2D eigenvalue weighted by Crippen LogP contribution is 2.40. The summed E-state index contributed by atoms with van der Waals surface area (Å²) in [6.07, 6.45) is 1.48. The van der Waals surface area contributed by atoms with Crippen LogP contribution in [0.2, 0.25) is 0 Å². The van der Waals surface area contributed by atoms with E-state index in [-0.39, 0.29) is 16.2 Å². The third-order valence-corrected chi connectivity index (χ3v) is 3.96. The Kier molecular flexibility index (Phi) is 2.32. The molecule has 6 heteroatoms. The fraction of sp³-hybridized carbons (Fsp3) is 0.333. The standard InChI is InChI=1S/C9H10N2O3S/c1-2-4-3-11-7(12)5(10)8(11)15-6(4)9(13)14/h2,5,8H,1,3,10H2,(H,13,14)/t5?,8-/m0/s1. The summed E-state index contributed by atoms with van der Waals surface area (Å²) in [4.78, 5) is 24.0. The fourth-order valence-electron chi connectivity index (χ4n) is 1.65. The summed E-state index contributed by atoms with van der Waals surface area (Å²) in [6.45, 7) is 3.84. The summed E-state index contributed by atoms with van der Waals surface area (Å²) < 4.78 is 0. The summed E-state index contributed by atoms with van der Waals surface area (Å²) in [5, 5.41) is 8.72. The number of nitrogens with two attached hydrogens (primary N) is 1. The Morgan fingerprint density at radius 3 is 2.93 bits per heavy atom. The van der Waals surface area contributed by atoms with Gasteiger partial charge in [0.2, 0.25) is 5.91 Å². The van der Waals surface area contributed by atoms with Gasteiger partial charge in [-0.2, -0.15) is 0 Å². The number of hydrogen-bond donors (Lipinski definition) is 2. The first-order valence-electron chi connectivity index (χ1n) is 4.38. The minimum Gasteiger partial charge on any atom is -0.477 e. The SMILES string of the molecule is C=CC1=C(C(=O)O)S[C@H]2C(N)C(=O)N2C1. The third kappa shape index (κ3) is 1.37. The number of carbonyl (C=O) groups is 2. The Morgan fingerprint density at radius 2 is 2.40 bits per heavy atom. The summed E-state index contributed by atoms with van der Waals surface area (Å²) in [7, 11) is 0. The van der Waals surface area contributed by atoms with Crippen molar-refractivity contribution in [2.45, 2.75) is 11.4 Å². The van der Waals surface area contributed by atoms with E-state index in [1.54, 1.807) is 4.90 Å². The largest absolute Gasteiger partial charge is 0.477 e. The van der Waals surface area contributed by atoms with E-state index < -0.39 is 12.0 Å². The lowest BCUT2D eigenvalue weighted by Crippen LogP contribution is -2.68. The molecule has 3 N–H and O–H groups in total. The lowest BCUT2D eigenvalue weighted by Gasteiger charge is -2.47. The quantitative estimate of drug-likeness (QED) is 0.634. The van der Waals surface area contributed by atoms with Crippen LogP contribution in [0.15, 0.2) is 23.1 Å². The second kappa shape index (κ2) is 3.39. The molecule has 2 aliphatic rings. The van der Waals surface area contributed by atoms with Crippen molar-refractivity contribution in [1.29, 1.82) is 0 Å². The van der Waals surface area contributed by atoms with Crippen LogP contribution in [0.3, 0.4) is 0 Å². The van der Waals surface area contributed by atoms with E-state index in [4.69, 9.17) is 10.8 Å². The average Bonchev–Trinajstić information content (AvgIpc) is 2.25. The molecule has 80 valence electrons. The number of carboxylic acid groups (broad SMARTS) is 1. The maximum atomic E-state index is 11.3. The van der Waals surface area contributed by atoms with Gasteiger partial charge < -0.3 is 15.7 Å². The molecular formula is C9H10N2O3S. The van der Waals surface area contributed by atoms with Gasteiger partial charge in [0.25, 0.3) is 0 Å². The first-order valence-corrected chi connectivity index (χ1v) is 5.26. The smallest absolute Gasteiger partial charge is 0.342 e. The van der Waals surface area contributed by atoms with Gasteiger partial charge in [0.1, 0.15) is 11.4 Å². The van der Waals surface area contributed by atoms with E-state index in [0.29, 0.717) is 12.1 Å². The molecule has 0 aromatic carbocycles. The second-order valence-electron chi connectivity index (χ2n) is 3.36. The highest BCUT2D eigenvalue weighted by atomic mass is 32.2. The normalized spacial score (nSPS) is 29.7. The van der Waals surface area contributed by atoms with E-state index in [1.807, 2.05) is 0 Å². The van der Waals surface area contributed by atoms with Gasteiger partial charge in [-0.15, -0.1) is 0 Å². The van der Waals surface area contributed by atoms with Crippen LogP contribution in [0.25, 0.3) is 0 Å². The van der Waals surface area contributed by atoms with Crippen molar-refractivity contribution >= 4 is 23.6 Å². The van der Waals surface area contributed by atoms with E-state index in [1.165, 1.54) is 6.08 Å². The molecule has 15 heavy (non-hydrogen) atoms. The molecule has 0 saturated carbocycles. The van der Waals surface area contributed by atoms with Crippen molar-refractivity contribution in [3.8, 4) is 0 Å². The monoisotopic (exact) mass is 226 g/mol. The average molecular weight is 226 g/mol. The lowest BCUT2D eigenvalue weighted by molar-refractivity contribution is -0.144. The van der Waals surface area contributed by atoms with Gasteiger partial charge >= 0.3 is 5.97 Å². The maximum Gasteiger partial charge on any atom is 0.342 e. The zero-order valence-corrected chi connectivity index (χ0v) is 8.66. The lowest BCUT2D eigenvalue weighted by atomic mass is 10.1. The van der Waals surface area contributed by atoms with Crippen molar-refractivity contribution in [3.63, 3.8) is 0 Å². The maximum absolute atomic E-state index is 11.3. The number of carbonyl (C=O) groups excluding carboxylic acids is 1. The van der Waals surface area contributed by atoms with Gasteiger partial charge in [-0.05, 0) is 5.57 Å². The molecular weight excluding hydrogens is 216 g/mol. The van der Waals surface area contributed by atoms with Gasteiger partial charge in [-0.3, -0.25) is 4.79 Å². The minimum absolute atomic E-state index is 0.128.